The molecule has 3 heterocycles. The van der Waals surface area contributed by atoms with E-state index in [9.17, 15) is 4.79 Å². The lowest BCUT2D eigenvalue weighted by molar-refractivity contribution is 0.0876. The highest BCUT2D eigenvalue weighted by Gasteiger charge is 2.33. The van der Waals surface area contributed by atoms with Crippen molar-refractivity contribution in [2.75, 3.05) is 24.7 Å². The molecule has 0 unspecified atom stereocenters. The van der Waals surface area contributed by atoms with Crippen LogP contribution in [0.3, 0.4) is 0 Å². The van der Waals surface area contributed by atoms with Gasteiger partial charge in [-0.3, -0.25) is 14.7 Å². The van der Waals surface area contributed by atoms with Gasteiger partial charge >= 0.3 is 0 Å². The van der Waals surface area contributed by atoms with E-state index in [-0.39, 0.29) is 5.78 Å². The van der Waals surface area contributed by atoms with Crippen LogP contribution in [0.5, 0.6) is 11.5 Å². The number of fused-ring (bicyclic) bond motifs is 2. The molecule has 34 heavy (non-hydrogen) atoms. The standard InChI is InChI=1S/C28H29N3O3/c1-4-31(5-2)23-10-8-20(9-11-23)13-25-26(32)24-14-22-17-30(16-21-7-6-12-29-15-21)18-33-27(22)19(3)28(24)34-25/h6-15H,4-5,16-18H2,1-3H3/b25-13-. The fourth-order valence-electron chi connectivity index (χ4n) is 4.67. The SMILES string of the molecule is CCN(CC)c1ccc(/C=C2\Oc3c(cc4c(c3C)OCN(Cc3cccnc3)C4)C2=O)cc1. The molecule has 2 aliphatic rings. The lowest BCUT2D eigenvalue weighted by Crippen LogP contribution is -2.32. The molecule has 0 spiro atoms. The third kappa shape index (κ3) is 4.17. The van der Waals surface area contributed by atoms with Crippen molar-refractivity contribution < 1.29 is 14.3 Å². The Bertz CT molecular complexity index is 1230. The van der Waals surface area contributed by atoms with Crippen LogP contribution in [0.4, 0.5) is 5.69 Å². The van der Waals surface area contributed by atoms with Gasteiger partial charge in [-0.1, -0.05) is 18.2 Å². The maximum atomic E-state index is 13.2. The molecular weight excluding hydrogens is 426 g/mol. The van der Waals surface area contributed by atoms with E-state index in [0.717, 1.165) is 47.6 Å². The summed E-state index contributed by atoms with van der Waals surface area (Å²) >= 11 is 0. The van der Waals surface area contributed by atoms with Crippen LogP contribution < -0.4 is 14.4 Å². The number of nitrogens with zero attached hydrogens (tertiary/aromatic N) is 3. The summed E-state index contributed by atoms with van der Waals surface area (Å²) in [6.07, 6.45) is 5.46. The third-order valence-electron chi connectivity index (χ3n) is 6.45. The fraction of sp³-hybridized carbons (Fsp3) is 0.286. The van der Waals surface area contributed by atoms with Gasteiger partial charge in [-0.15, -0.1) is 0 Å². The predicted octanol–water partition coefficient (Wildman–Crippen LogP) is 5.20. The highest BCUT2D eigenvalue weighted by Crippen LogP contribution is 2.43. The van der Waals surface area contributed by atoms with E-state index >= 15 is 0 Å². The molecule has 0 saturated carbocycles. The summed E-state index contributed by atoms with van der Waals surface area (Å²) in [7, 11) is 0. The number of ketones is 1. The summed E-state index contributed by atoms with van der Waals surface area (Å²) < 4.78 is 12.2. The molecule has 0 fully saturated rings. The Hall–Kier alpha value is -3.64. The van der Waals surface area contributed by atoms with Crippen molar-refractivity contribution in [2.24, 2.45) is 0 Å². The molecule has 2 aliphatic heterocycles. The Kier molecular flexibility index (Phi) is 6.07. The molecule has 3 aromatic rings. The average molecular weight is 456 g/mol. The second-order valence-electron chi connectivity index (χ2n) is 8.69. The fourth-order valence-corrected chi connectivity index (χ4v) is 4.67. The van der Waals surface area contributed by atoms with Crippen molar-refractivity contribution in [3.05, 3.63) is 88.4 Å². The molecule has 0 aliphatic carbocycles. The number of hydrogen-bond donors (Lipinski definition) is 0. The molecule has 5 rings (SSSR count). The Morgan fingerprint density at radius 1 is 1.12 bits per heavy atom. The summed E-state index contributed by atoms with van der Waals surface area (Å²) in [6.45, 7) is 10.1. The number of benzene rings is 2. The van der Waals surface area contributed by atoms with Crippen LogP contribution in [0, 0.1) is 6.92 Å². The lowest BCUT2D eigenvalue weighted by Gasteiger charge is -2.30. The maximum absolute atomic E-state index is 13.2. The van der Waals surface area contributed by atoms with Gasteiger partial charge in [0, 0.05) is 55.4 Å². The Balaban J connectivity index is 1.37. The zero-order valence-electron chi connectivity index (χ0n) is 19.9. The molecule has 174 valence electrons. The Labute approximate surface area is 200 Å². The van der Waals surface area contributed by atoms with Gasteiger partial charge in [0.15, 0.2) is 5.76 Å². The van der Waals surface area contributed by atoms with Gasteiger partial charge in [-0.05, 0) is 62.2 Å². The van der Waals surface area contributed by atoms with E-state index in [0.29, 0.717) is 30.3 Å². The van der Waals surface area contributed by atoms with Crippen LogP contribution in [0.25, 0.3) is 6.08 Å². The number of rotatable bonds is 6. The molecule has 0 N–H and O–H groups in total. The topological polar surface area (TPSA) is 54.9 Å². The number of aromatic nitrogens is 1. The van der Waals surface area contributed by atoms with Crippen LogP contribution in [0.2, 0.25) is 0 Å². The largest absolute Gasteiger partial charge is 0.477 e. The first-order valence-electron chi connectivity index (χ1n) is 11.8. The second kappa shape index (κ2) is 9.31. The van der Waals surface area contributed by atoms with Crippen molar-refractivity contribution in [1.29, 1.82) is 0 Å². The van der Waals surface area contributed by atoms with Crippen LogP contribution in [0.15, 0.2) is 60.6 Å². The molecule has 1 aromatic heterocycles. The van der Waals surface area contributed by atoms with Crippen LogP contribution >= 0.6 is 0 Å². The van der Waals surface area contributed by atoms with Crippen molar-refractivity contribution >= 4 is 17.5 Å². The van der Waals surface area contributed by atoms with E-state index in [4.69, 9.17) is 9.47 Å². The molecule has 2 aromatic carbocycles. The van der Waals surface area contributed by atoms with E-state index in [2.05, 4.69) is 46.8 Å². The number of carbonyl (C=O) groups excluding carboxylic acids is 1. The van der Waals surface area contributed by atoms with Gasteiger partial charge in [0.2, 0.25) is 5.78 Å². The monoisotopic (exact) mass is 455 g/mol. The van der Waals surface area contributed by atoms with Crippen LogP contribution in [-0.2, 0) is 13.1 Å². The zero-order chi connectivity index (χ0) is 23.7. The highest BCUT2D eigenvalue weighted by atomic mass is 16.5. The van der Waals surface area contributed by atoms with Crippen molar-refractivity contribution in [3.8, 4) is 11.5 Å². The minimum absolute atomic E-state index is 0.0851. The van der Waals surface area contributed by atoms with E-state index < -0.39 is 0 Å². The van der Waals surface area contributed by atoms with Crippen molar-refractivity contribution in [1.82, 2.24) is 9.88 Å². The smallest absolute Gasteiger partial charge is 0.231 e. The average Bonchev–Trinajstić information content (AvgIpc) is 3.17. The Morgan fingerprint density at radius 2 is 1.91 bits per heavy atom. The van der Waals surface area contributed by atoms with Gasteiger partial charge in [0.05, 0.1) is 5.56 Å². The van der Waals surface area contributed by atoms with Crippen LogP contribution in [0.1, 0.15) is 46.5 Å². The van der Waals surface area contributed by atoms with E-state index in [1.54, 1.807) is 6.20 Å². The zero-order valence-corrected chi connectivity index (χ0v) is 19.9. The minimum atomic E-state index is -0.0851. The van der Waals surface area contributed by atoms with E-state index in [1.165, 1.54) is 5.69 Å². The van der Waals surface area contributed by atoms with Gasteiger partial charge < -0.3 is 14.4 Å². The summed E-state index contributed by atoms with van der Waals surface area (Å²) in [6, 6.07) is 14.1. The normalized spacial score (nSPS) is 16.1. The summed E-state index contributed by atoms with van der Waals surface area (Å²) in [4.78, 5) is 21.9. The number of hydrogen-bond acceptors (Lipinski definition) is 6. The number of ether oxygens (including phenoxy) is 2. The van der Waals surface area contributed by atoms with Gasteiger partial charge in [0.25, 0.3) is 0 Å². The molecule has 0 amide bonds. The number of allylic oxidation sites excluding steroid dienone is 1. The first kappa shape index (κ1) is 22.2. The molecule has 6 nitrogen and oxygen atoms in total. The predicted molar refractivity (Wildman–Crippen MR) is 133 cm³/mol. The molecule has 0 bridgehead atoms. The molecule has 0 saturated heterocycles. The van der Waals surface area contributed by atoms with Crippen molar-refractivity contribution in [3.63, 3.8) is 0 Å². The minimum Gasteiger partial charge on any atom is -0.477 e. The van der Waals surface area contributed by atoms with E-state index in [1.807, 2.05) is 43.5 Å². The summed E-state index contributed by atoms with van der Waals surface area (Å²) in [5.41, 5.74) is 5.73. The number of Topliss-reactive ketones (excluding diaryl/α,β-unsaturated/α-hetero) is 1. The third-order valence-corrected chi connectivity index (χ3v) is 6.45. The first-order valence-corrected chi connectivity index (χ1v) is 11.8. The van der Waals surface area contributed by atoms with Crippen molar-refractivity contribution in [2.45, 2.75) is 33.9 Å². The second-order valence-corrected chi connectivity index (χ2v) is 8.69. The van der Waals surface area contributed by atoms with Gasteiger partial charge in [-0.25, -0.2) is 0 Å². The first-order chi connectivity index (χ1) is 16.6. The van der Waals surface area contributed by atoms with Crippen LogP contribution in [-0.4, -0.2) is 35.5 Å². The highest BCUT2D eigenvalue weighted by molar-refractivity contribution is 6.15. The summed E-state index contributed by atoms with van der Waals surface area (Å²) in [5, 5.41) is 0. The van der Waals surface area contributed by atoms with Gasteiger partial charge in [0.1, 0.15) is 18.2 Å². The summed E-state index contributed by atoms with van der Waals surface area (Å²) in [5.74, 6) is 1.69. The molecule has 0 atom stereocenters. The number of carbonyl (C=O) groups is 1. The number of pyridine rings is 1. The lowest BCUT2D eigenvalue weighted by atomic mass is 10.00. The molecule has 6 heteroatoms. The maximum Gasteiger partial charge on any atom is 0.231 e. The molecular formula is C28H29N3O3. The number of anilines is 1. The van der Waals surface area contributed by atoms with Gasteiger partial charge in [-0.2, -0.15) is 0 Å². The molecule has 0 radical (unpaired) electrons. The quantitative estimate of drug-likeness (QED) is 0.476. The Morgan fingerprint density at radius 3 is 2.62 bits per heavy atom.